The Morgan fingerprint density at radius 3 is 2.49 bits per heavy atom. The third-order valence-corrected chi connectivity index (χ3v) is 6.47. The smallest absolute Gasteiger partial charge is 0.226 e. The Hall–Kier alpha value is -4.33. The maximum Gasteiger partial charge on any atom is 0.226 e. The van der Waals surface area contributed by atoms with Gasteiger partial charge in [-0.05, 0) is 48.9 Å². The molecule has 1 N–H and O–H groups in total. The molecule has 3 aromatic carbocycles. The molecule has 8 heteroatoms. The highest BCUT2D eigenvalue weighted by Gasteiger charge is 2.41. The van der Waals surface area contributed by atoms with Gasteiger partial charge in [0.25, 0.3) is 0 Å². The van der Waals surface area contributed by atoms with Crippen LogP contribution in [-0.4, -0.2) is 29.0 Å². The summed E-state index contributed by atoms with van der Waals surface area (Å²) in [5.74, 6) is 2.31. The van der Waals surface area contributed by atoms with Gasteiger partial charge in [0.05, 0.1) is 19.9 Å². The first-order chi connectivity index (χ1) is 17.1. The van der Waals surface area contributed by atoms with Crippen LogP contribution in [0.4, 0.5) is 10.3 Å². The largest absolute Gasteiger partial charge is 0.493 e. The summed E-state index contributed by atoms with van der Waals surface area (Å²) in [6, 6.07) is 18.0. The van der Waals surface area contributed by atoms with E-state index in [0.717, 1.165) is 39.3 Å². The zero-order valence-corrected chi connectivity index (χ0v) is 19.4. The fourth-order valence-electron chi connectivity index (χ4n) is 4.84. The molecule has 0 saturated carbocycles. The van der Waals surface area contributed by atoms with Crippen LogP contribution in [0.3, 0.4) is 0 Å². The highest BCUT2D eigenvalue weighted by atomic mass is 19.1. The second-order valence-corrected chi connectivity index (χ2v) is 8.55. The quantitative estimate of drug-likeness (QED) is 0.436. The van der Waals surface area contributed by atoms with Gasteiger partial charge < -0.3 is 19.5 Å². The van der Waals surface area contributed by atoms with E-state index >= 15 is 0 Å². The van der Waals surface area contributed by atoms with E-state index in [1.54, 1.807) is 26.4 Å². The van der Waals surface area contributed by atoms with Crippen LogP contribution in [0.1, 0.15) is 34.4 Å². The van der Waals surface area contributed by atoms with E-state index in [2.05, 4.69) is 21.5 Å². The number of methoxy groups -OCH3 is 2. The molecule has 1 aromatic heterocycles. The average molecular weight is 471 g/mol. The van der Waals surface area contributed by atoms with Crippen molar-refractivity contribution in [3.05, 3.63) is 101 Å². The number of ether oxygens (including phenoxy) is 3. The summed E-state index contributed by atoms with van der Waals surface area (Å²) in [4.78, 5) is 4.44. The molecular formula is C27H23FN4O3. The molecule has 4 aromatic rings. The van der Waals surface area contributed by atoms with Gasteiger partial charge in [-0.15, -0.1) is 0 Å². The Morgan fingerprint density at radius 1 is 0.943 bits per heavy atom. The Bertz CT molecular complexity index is 1460. The summed E-state index contributed by atoms with van der Waals surface area (Å²) < 4.78 is 33.3. The van der Waals surface area contributed by atoms with Gasteiger partial charge in [-0.25, -0.2) is 9.07 Å². The zero-order chi connectivity index (χ0) is 24.1. The van der Waals surface area contributed by atoms with Gasteiger partial charge in [0.15, 0.2) is 11.5 Å². The molecule has 0 amide bonds. The molecule has 3 heterocycles. The summed E-state index contributed by atoms with van der Waals surface area (Å²) in [6.07, 6.45) is 1.04. The molecule has 0 fully saturated rings. The van der Waals surface area contributed by atoms with Crippen molar-refractivity contribution in [3.63, 3.8) is 0 Å². The summed E-state index contributed by atoms with van der Waals surface area (Å²) >= 11 is 0. The number of fused-ring (bicyclic) bond motifs is 3. The molecule has 0 radical (unpaired) electrons. The van der Waals surface area contributed by atoms with Crippen molar-refractivity contribution in [2.45, 2.75) is 19.1 Å². The molecule has 6 rings (SSSR count). The molecular weight excluding hydrogens is 447 g/mol. The molecule has 2 atom stereocenters. The third-order valence-electron chi connectivity index (χ3n) is 6.47. The predicted molar refractivity (Wildman–Crippen MR) is 129 cm³/mol. The van der Waals surface area contributed by atoms with E-state index in [-0.39, 0.29) is 11.9 Å². The molecule has 35 heavy (non-hydrogen) atoms. The first-order valence-electron chi connectivity index (χ1n) is 11.2. The lowest BCUT2D eigenvalue weighted by atomic mass is 9.84. The normalized spacial score (nSPS) is 18.1. The van der Waals surface area contributed by atoms with Crippen LogP contribution in [0.5, 0.6) is 17.2 Å². The van der Waals surface area contributed by atoms with Gasteiger partial charge in [0, 0.05) is 16.7 Å². The first-order valence-corrected chi connectivity index (χ1v) is 11.2. The minimum atomic E-state index is -0.472. The lowest BCUT2D eigenvalue weighted by Crippen LogP contribution is -2.32. The van der Waals surface area contributed by atoms with Gasteiger partial charge in [0.1, 0.15) is 30.0 Å². The number of aryl methyl sites for hydroxylation is 1. The fourth-order valence-corrected chi connectivity index (χ4v) is 4.84. The van der Waals surface area contributed by atoms with Crippen molar-refractivity contribution in [2.75, 3.05) is 19.5 Å². The van der Waals surface area contributed by atoms with E-state index in [1.165, 1.54) is 18.5 Å². The van der Waals surface area contributed by atoms with Crippen LogP contribution >= 0.6 is 0 Å². The van der Waals surface area contributed by atoms with Crippen molar-refractivity contribution in [1.29, 1.82) is 0 Å². The minimum Gasteiger partial charge on any atom is -0.493 e. The monoisotopic (exact) mass is 470 g/mol. The van der Waals surface area contributed by atoms with Crippen molar-refractivity contribution in [2.24, 2.45) is 0 Å². The Labute approximate surface area is 201 Å². The maximum absolute atomic E-state index is 13.9. The van der Waals surface area contributed by atoms with E-state index in [9.17, 15) is 4.39 Å². The Morgan fingerprint density at radius 2 is 1.71 bits per heavy atom. The van der Waals surface area contributed by atoms with Gasteiger partial charge >= 0.3 is 0 Å². The van der Waals surface area contributed by atoms with Gasteiger partial charge in [-0.3, -0.25) is 0 Å². The van der Waals surface area contributed by atoms with Crippen LogP contribution in [0, 0.1) is 12.7 Å². The van der Waals surface area contributed by atoms with Gasteiger partial charge in [-0.2, -0.15) is 10.1 Å². The molecule has 0 spiro atoms. The summed E-state index contributed by atoms with van der Waals surface area (Å²) in [5, 5.41) is 7.99. The number of rotatable bonds is 4. The van der Waals surface area contributed by atoms with E-state index in [4.69, 9.17) is 14.2 Å². The van der Waals surface area contributed by atoms with Crippen molar-refractivity contribution in [1.82, 2.24) is 14.8 Å². The van der Waals surface area contributed by atoms with Crippen LogP contribution < -0.4 is 19.5 Å². The van der Waals surface area contributed by atoms with Crippen molar-refractivity contribution < 1.29 is 18.6 Å². The maximum atomic E-state index is 13.9. The highest BCUT2D eigenvalue weighted by molar-refractivity contribution is 5.85. The van der Waals surface area contributed by atoms with Crippen molar-refractivity contribution in [3.8, 4) is 17.2 Å². The molecule has 2 aliphatic rings. The first kappa shape index (κ1) is 21.2. The second-order valence-electron chi connectivity index (χ2n) is 8.55. The summed E-state index contributed by atoms with van der Waals surface area (Å²) in [5.41, 5.74) is 5.66. The molecule has 0 aliphatic carbocycles. The molecule has 0 saturated heterocycles. The van der Waals surface area contributed by atoms with Crippen LogP contribution in [0.25, 0.3) is 5.70 Å². The summed E-state index contributed by atoms with van der Waals surface area (Å²) in [6.45, 7) is 2.05. The third kappa shape index (κ3) is 3.41. The van der Waals surface area contributed by atoms with E-state index in [0.29, 0.717) is 17.4 Å². The van der Waals surface area contributed by atoms with Crippen LogP contribution in [0.2, 0.25) is 0 Å². The molecule has 176 valence electrons. The molecule has 0 unspecified atom stereocenters. The number of halogens is 1. The number of anilines is 1. The fraction of sp³-hybridized carbons (Fsp3) is 0.185. The van der Waals surface area contributed by atoms with Crippen LogP contribution in [-0.2, 0) is 0 Å². The van der Waals surface area contributed by atoms with Gasteiger partial charge in [-0.1, -0.05) is 29.8 Å². The number of nitrogens with one attached hydrogen (secondary N) is 1. The topological polar surface area (TPSA) is 70.4 Å². The number of aromatic nitrogens is 3. The van der Waals surface area contributed by atoms with Gasteiger partial charge in [0.2, 0.25) is 5.95 Å². The van der Waals surface area contributed by atoms with Crippen molar-refractivity contribution >= 4 is 11.6 Å². The number of hydrogen-bond acceptors (Lipinski definition) is 6. The lowest BCUT2D eigenvalue weighted by Gasteiger charge is -2.39. The molecule has 0 bridgehead atoms. The average Bonchev–Trinajstić information content (AvgIpc) is 3.35. The Balaban J connectivity index is 1.61. The number of nitrogens with zero attached hydrogens (tertiary/aromatic N) is 3. The summed E-state index contributed by atoms with van der Waals surface area (Å²) in [7, 11) is 3.22. The van der Waals surface area contributed by atoms with E-state index in [1.807, 2.05) is 41.9 Å². The molecule has 7 nitrogen and oxygen atoms in total. The number of hydrogen-bond donors (Lipinski definition) is 1. The second kappa shape index (κ2) is 8.16. The Kier molecular flexibility index (Phi) is 4.95. The van der Waals surface area contributed by atoms with Crippen LogP contribution in [0.15, 0.2) is 72.6 Å². The standard InChI is InChI=1S/C27H23FN4O3/c1-15-4-10-20-19(12-15)24-23(26(35-20)17-7-11-21(33-2)22(13-17)34-3)25(16-5-8-18(28)9-6-16)32-27(31-24)29-14-30-32/h4-14,25-26H,1-3H3,(H,29,30,31)/t25-,26-/m0/s1. The number of benzene rings is 3. The van der Waals surface area contributed by atoms with E-state index < -0.39 is 6.10 Å². The lowest BCUT2D eigenvalue weighted by molar-refractivity contribution is 0.222. The zero-order valence-electron chi connectivity index (χ0n) is 19.4. The highest BCUT2D eigenvalue weighted by Crippen LogP contribution is 2.51. The minimum absolute atomic E-state index is 0.298. The predicted octanol–water partition coefficient (Wildman–Crippen LogP) is 5.30. The molecule has 2 aliphatic heterocycles. The SMILES string of the molecule is COc1ccc([C@@H]2Oc3ccc(C)cc3C3=C2[C@H](c2ccc(F)cc2)n2ncnc2N3)cc1OC.